The first-order valence-electron chi connectivity index (χ1n) is 6.71. The molecule has 0 saturated heterocycles. The summed E-state index contributed by atoms with van der Waals surface area (Å²) in [5.41, 5.74) is -0.0273. The fourth-order valence-electron chi connectivity index (χ4n) is 1.84. The summed E-state index contributed by atoms with van der Waals surface area (Å²) in [5.74, 6) is 0.804. The standard InChI is InChI=1S/C14H25NO2/c1-4-6-7-8-9-14(3,5-2)17-11-13-10-15-12-16-13/h10,12H,4-9,11H2,1-3H3. The lowest BCUT2D eigenvalue weighted by molar-refractivity contribution is -0.0588. The predicted octanol–water partition coefficient (Wildman–Crippen LogP) is 4.33. The van der Waals surface area contributed by atoms with Crippen molar-refractivity contribution in [3.8, 4) is 0 Å². The highest BCUT2D eigenvalue weighted by Gasteiger charge is 2.22. The molecule has 0 spiro atoms. The second-order valence-corrected chi connectivity index (χ2v) is 4.87. The molecule has 0 amide bonds. The fraction of sp³-hybridized carbons (Fsp3) is 0.786. The lowest BCUT2D eigenvalue weighted by Crippen LogP contribution is -2.27. The van der Waals surface area contributed by atoms with Crippen molar-refractivity contribution in [3.63, 3.8) is 0 Å². The van der Waals surface area contributed by atoms with E-state index in [2.05, 4.69) is 25.8 Å². The summed E-state index contributed by atoms with van der Waals surface area (Å²) >= 11 is 0. The van der Waals surface area contributed by atoms with Crippen LogP contribution in [0.15, 0.2) is 17.0 Å². The molecule has 98 valence electrons. The highest BCUT2D eigenvalue weighted by molar-refractivity contribution is 4.86. The first-order chi connectivity index (χ1) is 8.20. The number of aromatic nitrogens is 1. The van der Waals surface area contributed by atoms with Gasteiger partial charge in [-0.15, -0.1) is 0 Å². The van der Waals surface area contributed by atoms with Crippen molar-refractivity contribution in [2.75, 3.05) is 0 Å². The molecule has 0 aliphatic heterocycles. The van der Waals surface area contributed by atoms with Crippen molar-refractivity contribution in [2.45, 2.75) is 71.5 Å². The molecule has 1 unspecified atom stereocenters. The highest BCUT2D eigenvalue weighted by atomic mass is 16.5. The van der Waals surface area contributed by atoms with E-state index in [-0.39, 0.29) is 5.60 Å². The average molecular weight is 239 g/mol. The third-order valence-electron chi connectivity index (χ3n) is 3.35. The molecule has 0 aliphatic rings. The molecule has 3 nitrogen and oxygen atoms in total. The van der Waals surface area contributed by atoms with E-state index in [1.54, 1.807) is 6.20 Å². The molecule has 0 fully saturated rings. The lowest BCUT2D eigenvalue weighted by atomic mass is 9.95. The summed E-state index contributed by atoms with van der Waals surface area (Å²) in [6, 6.07) is 0. The van der Waals surface area contributed by atoms with Gasteiger partial charge in [-0.1, -0.05) is 39.5 Å². The second-order valence-electron chi connectivity index (χ2n) is 4.87. The molecular weight excluding hydrogens is 214 g/mol. The van der Waals surface area contributed by atoms with Gasteiger partial charge in [-0.3, -0.25) is 0 Å². The van der Waals surface area contributed by atoms with Crippen molar-refractivity contribution in [2.24, 2.45) is 0 Å². The SMILES string of the molecule is CCCCCCC(C)(CC)OCc1cnco1. The minimum Gasteiger partial charge on any atom is -0.446 e. The molecule has 1 aromatic heterocycles. The van der Waals surface area contributed by atoms with Crippen molar-refractivity contribution in [1.82, 2.24) is 4.98 Å². The normalized spacial score (nSPS) is 14.8. The maximum atomic E-state index is 5.97. The van der Waals surface area contributed by atoms with Gasteiger partial charge in [0, 0.05) is 0 Å². The van der Waals surface area contributed by atoms with Gasteiger partial charge in [0.2, 0.25) is 0 Å². The molecule has 3 heteroatoms. The molecule has 1 heterocycles. The number of hydrogen-bond donors (Lipinski definition) is 0. The van der Waals surface area contributed by atoms with Crippen LogP contribution in [0.2, 0.25) is 0 Å². The number of rotatable bonds is 9. The summed E-state index contributed by atoms with van der Waals surface area (Å²) in [6.07, 6.45) is 10.5. The molecule has 0 aliphatic carbocycles. The van der Waals surface area contributed by atoms with Gasteiger partial charge in [0.25, 0.3) is 0 Å². The average Bonchev–Trinajstić information content (AvgIpc) is 2.85. The van der Waals surface area contributed by atoms with E-state index in [0.717, 1.165) is 18.6 Å². The number of oxazole rings is 1. The molecule has 0 aromatic carbocycles. The molecule has 0 N–H and O–H groups in total. The zero-order chi connectivity index (χ0) is 12.6. The van der Waals surface area contributed by atoms with Gasteiger partial charge in [0.05, 0.1) is 11.8 Å². The van der Waals surface area contributed by atoms with Gasteiger partial charge in [-0.05, 0) is 19.8 Å². The van der Waals surface area contributed by atoms with Crippen LogP contribution in [0.4, 0.5) is 0 Å². The van der Waals surface area contributed by atoms with Gasteiger partial charge in [-0.25, -0.2) is 4.98 Å². The van der Waals surface area contributed by atoms with Crippen LogP contribution in [0.1, 0.15) is 65.1 Å². The Labute approximate surface area is 105 Å². The summed E-state index contributed by atoms with van der Waals surface area (Å²) in [5, 5.41) is 0. The smallest absolute Gasteiger partial charge is 0.180 e. The number of nitrogens with zero attached hydrogens (tertiary/aromatic N) is 1. The Balaban J connectivity index is 2.29. The maximum absolute atomic E-state index is 5.97. The van der Waals surface area contributed by atoms with E-state index in [9.17, 15) is 0 Å². The third kappa shape index (κ3) is 5.35. The first kappa shape index (κ1) is 14.2. The topological polar surface area (TPSA) is 35.3 Å². The van der Waals surface area contributed by atoms with E-state index in [1.165, 1.54) is 32.1 Å². The van der Waals surface area contributed by atoms with E-state index < -0.39 is 0 Å². The summed E-state index contributed by atoms with van der Waals surface area (Å²) in [4.78, 5) is 3.89. The monoisotopic (exact) mass is 239 g/mol. The van der Waals surface area contributed by atoms with Gasteiger partial charge in [0.15, 0.2) is 6.39 Å². The highest BCUT2D eigenvalue weighted by Crippen LogP contribution is 2.24. The molecule has 1 atom stereocenters. The Kier molecular flexibility index (Phi) is 6.27. The summed E-state index contributed by atoms with van der Waals surface area (Å²) < 4.78 is 11.1. The Morgan fingerprint density at radius 1 is 1.29 bits per heavy atom. The van der Waals surface area contributed by atoms with Crippen LogP contribution in [0, 0.1) is 0 Å². The zero-order valence-electron chi connectivity index (χ0n) is 11.4. The van der Waals surface area contributed by atoms with E-state index >= 15 is 0 Å². The molecule has 0 radical (unpaired) electrons. The maximum Gasteiger partial charge on any atom is 0.180 e. The molecule has 17 heavy (non-hydrogen) atoms. The van der Waals surface area contributed by atoms with Crippen molar-refractivity contribution >= 4 is 0 Å². The van der Waals surface area contributed by atoms with Crippen molar-refractivity contribution in [3.05, 3.63) is 18.4 Å². The summed E-state index contributed by atoms with van der Waals surface area (Å²) in [7, 11) is 0. The fourth-order valence-corrected chi connectivity index (χ4v) is 1.84. The number of ether oxygens (including phenoxy) is 1. The Bertz CT molecular complexity index is 284. The van der Waals surface area contributed by atoms with E-state index in [1.807, 2.05) is 0 Å². The van der Waals surface area contributed by atoms with Crippen LogP contribution in [-0.2, 0) is 11.3 Å². The molecule has 1 aromatic rings. The van der Waals surface area contributed by atoms with Crippen molar-refractivity contribution in [1.29, 1.82) is 0 Å². The lowest BCUT2D eigenvalue weighted by Gasteiger charge is -2.28. The minimum atomic E-state index is -0.0273. The molecular formula is C14H25NO2. The molecule has 1 rings (SSSR count). The van der Waals surface area contributed by atoms with Crippen LogP contribution < -0.4 is 0 Å². The quantitative estimate of drug-likeness (QED) is 0.602. The first-order valence-corrected chi connectivity index (χ1v) is 6.71. The van der Waals surface area contributed by atoms with Crippen LogP contribution in [0.5, 0.6) is 0 Å². The van der Waals surface area contributed by atoms with E-state index in [0.29, 0.717) is 6.61 Å². The predicted molar refractivity (Wildman–Crippen MR) is 68.7 cm³/mol. The van der Waals surface area contributed by atoms with Crippen LogP contribution in [0.3, 0.4) is 0 Å². The number of unbranched alkanes of at least 4 members (excludes halogenated alkanes) is 3. The van der Waals surface area contributed by atoms with Gasteiger partial charge < -0.3 is 9.15 Å². The Morgan fingerprint density at radius 2 is 2.12 bits per heavy atom. The zero-order valence-corrected chi connectivity index (χ0v) is 11.4. The Morgan fingerprint density at radius 3 is 2.71 bits per heavy atom. The largest absolute Gasteiger partial charge is 0.446 e. The van der Waals surface area contributed by atoms with Gasteiger partial charge >= 0.3 is 0 Å². The molecule has 0 bridgehead atoms. The second kappa shape index (κ2) is 7.49. The van der Waals surface area contributed by atoms with Gasteiger partial charge in [-0.2, -0.15) is 0 Å². The third-order valence-corrected chi connectivity index (χ3v) is 3.35. The van der Waals surface area contributed by atoms with Crippen LogP contribution in [-0.4, -0.2) is 10.6 Å². The van der Waals surface area contributed by atoms with Crippen LogP contribution in [0.25, 0.3) is 0 Å². The molecule has 0 saturated carbocycles. The Hall–Kier alpha value is -0.830. The van der Waals surface area contributed by atoms with Crippen LogP contribution >= 0.6 is 0 Å². The summed E-state index contributed by atoms with van der Waals surface area (Å²) in [6.45, 7) is 7.13. The van der Waals surface area contributed by atoms with Gasteiger partial charge in [0.1, 0.15) is 12.4 Å². The van der Waals surface area contributed by atoms with Crippen molar-refractivity contribution < 1.29 is 9.15 Å². The minimum absolute atomic E-state index is 0.0273. The van der Waals surface area contributed by atoms with E-state index in [4.69, 9.17) is 9.15 Å². The number of hydrogen-bond acceptors (Lipinski definition) is 3.